The van der Waals surface area contributed by atoms with Crippen LogP contribution in [0.4, 0.5) is 0 Å². The van der Waals surface area contributed by atoms with Crippen LogP contribution in [0, 0.1) is 0 Å². The lowest BCUT2D eigenvalue weighted by atomic mass is 10.2. The third-order valence-electron chi connectivity index (χ3n) is 2.83. The molecule has 6 heteroatoms. The number of nitrogens with zero attached hydrogens (tertiary/aromatic N) is 1. The van der Waals surface area contributed by atoms with Crippen LogP contribution in [-0.4, -0.2) is 19.0 Å². The molecule has 2 aromatic rings. The van der Waals surface area contributed by atoms with Crippen LogP contribution in [0.25, 0.3) is 0 Å². The average Bonchev–Trinajstić information content (AvgIpc) is 2.95. The Morgan fingerprint density at radius 1 is 1.19 bits per heavy atom. The molecule has 0 radical (unpaired) electrons. The lowest BCUT2D eigenvalue weighted by Crippen LogP contribution is -2.01. The number of oxime groups is 1. The van der Waals surface area contributed by atoms with Gasteiger partial charge < -0.3 is 14.3 Å². The number of carbonyl (C=O) groups is 1. The van der Waals surface area contributed by atoms with Crippen LogP contribution in [0.15, 0.2) is 47.6 Å². The van der Waals surface area contributed by atoms with Crippen molar-refractivity contribution >= 4 is 23.8 Å². The number of halogens is 1. The second-order valence-corrected chi connectivity index (χ2v) is 4.61. The first-order chi connectivity index (χ1) is 10.2. The fraction of sp³-hybridized carbons (Fsp3) is 0.0667. The van der Waals surface area contributed by atoms with E-state index in [1.54, 1.807) is 42.5 Å². The molecule has 1 aliphatic heterocycles. The van der Waals surface area contributed by atoms with Gasteiger partial charge in [0, 0.05) is 5.56 Å². The van der Waals surface area contributed by atoms with E-state index in [1.807, 2.05) is 0 Å². The number of carbonyl (C=O) groups excluding carboxylic acids is 1. The Morgan fingerprint density at radius 3 is 2.86 bits per heavy atom. The predicted molar refractivity (Wildman–Crippen MR) is 77.0 cm³/mol. The monoisotopic (exact) mass is 303 g/mol. The fourth-order valence-electron chi connectivity index (χ4n) is 1.80. The van der Waals surface area contributed by atoms with E-state index >= 15 is 0 Å². The molecule has 0 amide bonds. The molecule has 0 bridgehead atoms. The van der Waals surface area contributed by atoms with Crippen molar-refractivity contribution in [1.82, 2.24) is 0 Å². The van der Waals surface area contributed by atoms with Gasteiger partial charge in [0.25, 0.3) is 0 Å². The van der Waals surface area contributed by atoms with Crippen molar-refractivity contribution < 1.29 is 19.1 Å². The number of hydrogen-bond acceptors (Lipinski definition) is 5. The lowest BCUT2D eigenvalue weighted by Gasteiger charge is -2.00. The van der Waals surface area contributed by atoms with Gasteiger partial charge in [-0.1, -0.05) is 28.9 Å². The molecular weight excluding hydrogens is 294 g/mol. The van der Waals surface area contributed by atoms with Gasteiger partial charge in [0.15, 0.2) is 11.5 Å². The van der Waals surface area contributed by atoms with Gasteiger partial charge >= 0.3 is 5.97 Å². The van der Waals surface area contributed by atoms with Crippen molar-refractivity contribution in [2.75, 3.05) is 6.79 Å². The molecule has 21 heavy (non-hydrogen) atoms. The molecule has 106 valence electrons. The van der Waals surface area contributed by atoms with Gasteiger partial charge in [0.05, 0.1) is 16.8 Å². The third kappa shape index (κ3) is 2.98. The first-order valence-electron chi connectivity index (χ1n) is 6.13. The molecule has 0 N–H and O–H groups in total. The zero-order valence-electron chi connectivity index (χ0n) is 10.8. The van der Waals surface area contributed by atoms with E-state index in [-0.39, 0.29) is 12.4 Å². The van der Waals surface area contributed by atoms with E-state index in [1.165, 1.54) is 6.21 Å². The normalized spacial score (nSPS) is 12.6. The highest BCUT2D eigenvalue weighted by atomic mass is 35.5. The molecule has 0 unspecified atom stereocenters. The molecule has 1 heterocycles. The molecule has 0 spiro atoms. The number of hydrogen-bond donors (Lipinski definition) is 0. The van der Waals surface area contributed by atoms with Crippen molar-refractivity contribution in [2.24, 2.45) is 5.16 Å². The zero-order valence-corrected chi connectivity index (χ0v) is 11.5. The predicted octanol–water partition coefficient (Wildman–Crippen LogP) is 3.26. The topological polar surface area (TPSA) is 57.1 Å². The summed E-state index contributed by atoms with van der Waals surface area (Å²) in [4.78, 5) is 16.6. The summed E-state index contributed by atoms with van der Waals surface area (Å²) in [7, 11) is 0. The minimum atomic E-state index is -0.613. The van der Waals surface area contributed by atoms with Crippen LogP contribution in [0.2, 0.25) is 5.02 Å². The number of benzene rings is 2. The van der Waals surface area contributed by atoms with E-state index in [4.69, 9.17) is 25.9 Å². The lowest BCUT2D eigenvalue weighted by molar-refractivity contribution is 0.0519. The summed E-state index contributed by atoms with van der Waals surface area (Å²) in [6, 6.07) is 11.9. The molecule has 0 saturated heterocycles. The van der Waals surface area contributed by atoms with Crippen LogP contribution < -0.4 is 9.47 Å². The van der Waals surface area contributed by atoms with Crippen molar-refractivity contribution in [1.29, 1.82) is 0 Å². The Morgan fingerprint density at radius 2 is 2.00 bits per heavy atom. The molecular formula is C15H10ClNO4. The van der Waals surface area contributed by atoms with Crippen molar-refractivity contribution in [3.63, 3.8) is 0 Å². The van der Waals surface area contributed by atoms with E-state index in [2.05, 4.69) is 5.16 Å². The largest absolute Gasteiger partial charge is 0.454 e. The van der Waals surface area contributed by atoms with E-state index < -0.39 is 5.97 Å². The van der Waals surface area contributed by atoms with Crippen LogP contribution in [0.5, 0.6) is 11.5 Å². The first kappa shape index (κ1) is 13.5. The summed E-state index contributed by atoms with van der Waals surface area (Å²) in [6.45, 7) is 0.206. The number of fused-ring (bicyclic) bond motifs is 1. The number of rotatable bonds is 3. The summed E-state index contributed by atoms with van der Waals surface area (Å²) in [6.07, 6.45) is 1.41. The maximum absolute atomic E-state index is 11.8. The summed E-state index contributed by atoms with van der Waals surface area (Å²) in [5.41, 5.74) is 0.994. The maximum atomic E-state index is 11.8. The summed E-state index contributed by atoms with van der Waals surface area (Å²) >= 11 is 5.90. The second-order valence-electron chi connectivity index (χ2n) is 4.21. The highest BCUT2D eigenvalue weighted by molar-refractivity contribution is 6.33. The van der Waals surface area contributed by atoms with Gasteiger partial charge in [-0.15, -0.1) is 0 Å². The fourth-order valence-corrected chi connectivity index (χ4v) is 2.02. The van der Waals surface area contributed by atoms with Gasteiger partial charge in [0.2, 0.25) is 6.79 Å². The maximum Gasteiger partial charge on any atom is 0.367 e. The number of ether oxygens (including phenoxy) is 2. The van der Waals surface area contributed by atoms with Gasteiger partial charge in [-0.2, -0.15) is 0 Å². The van der Waals surface area contributed by atoms with Gasteiger partial charge in [-0.3, -0.25) is 0 Å². The van der Waals surface area contributed by atoms with Crippen LogP contribution >= 0.6 is 11.6 Å². The molecule has 0 fully saturated rings. The third-order valence-corrected chi connectivity index (χ3v) is 3.16. The summed E-state index contributed by atoms with van der Waals surface area (Å²) < 4.78 is 10.4. The van der Waals surface area contributed by atoms with Crippen molar-refractivity contribution in [3.8, 4) is 11.5 Å². The summed E-state index contributed by atoms with van der Waals surface area (Å²) in [5.74, 6) is 0.703. The standard InChI is InChI=1S/C15H10ClNO4/c16-12-4-2-1-3-11(12)15(18)21-17-8-10-5-6-13-14(7-10)20-9-19-13/h1-8H,9H2/b17-8-. The molecule has 2 aromatic carbocycles. The first-order valence-corrected chi connectivity index (χ1v) is 6.51. The SMILES string of the molecule is O=C(O/N=C\c1ccc2c(c1)OCO2)c1ccccc1Cl. The molecule has 1 aliphatic rings. The van der Waals surface area contributed by atoms with Crippen LogP contribution in [-0.2, 0) is 4.84 Å². The molecule has 0 atom stereocenters. The van der Waals surface area contributed by atoms with E-state index in [0.29, 0.717) is 16.5 Å². The smallest absolute Gasteiger partial charge is 0.367 e. The van der Waals surface area contributed by atoms with Crippen LogP contribution in [0.1, 0.15) is 15.9 Å². The van der Waals surface area contributed by atoms with Crippen molar-refractivity contribution in [3.05, 3.63) is 58.6 Å². The molecule has 0 aliphatic carbocycles. The van der Waals surface area contributed by atoms with Gasteiger partial charge in [-0.05, 0) is 30.3 Å². The van der Waals surface area contributed by atoms with Gasteiger partial charge in [0.1, 0.15) is 0 Å². The minimum Gasteiger partial charge on any atom is -0.454 e. The minimum absolute atomic E-state index is 0.206. The molecule has 5 nitrogen and oxygen atoms in total. The highest BCUT2D eigenvalue weighted by Crippen LogP contribution is 2.31. The van der Waals surface area contributed by atoms with E-state index in [0.717, 1.165) is 5.56 Å². The van der Waals surface area contributed by atoms with E-state index in [9.17, 15) is 4.79 Å². The Kier molecular flexibility index (Phi) is 3.75. The highest BCUT2D eigenvalue weighted by Gasteiger charge is 2.13. The van der Waals surface area contributed by atoms with Crippen molar-refractivity contribution in [2.45, 2.75) is 0 Å². The second kappa shape index (κ2) is 5.85. The Bertz CT molecular complexity index is 715. The average molecular weight is 304 g/mol. The summed E-state index contributed by atoms with van der Waals surface area (Å²) in [5, 5.41) is 3.98. The Balaban J connectivity index is 1.67. The Labute approximate surface area is 125 Å². The van der Waals surface area contributed by atoms with Crippen LogP contribution in [0.3, 0.4) is 0 Å². The molecule has 3 rings (SSSR count). The zero-order chi connectivity index (χ0) is 14.7. The quantitative estimate of drug-likeness (QED) is 0.496. The molecule has 0 saturated carbocycles. The van der Waals surface area contributed by atoms with Gasteiger partial charge in [-0.25, -0.2) is 4.79 Å². The molecule has 0 aromatic heterocycles. The Hall–Kier alpha value is -2.53.